The normalized spacial score (nSPS) is 14.4. The first kappa shape index (κ1) is 17.4. The summed E-state index contributed by atoms with van der Waals surface area (Å²) in [6, 6.07) is 9.17. The Labute approximate surface area is 156 Å². The number of benzene rings is 1. The number of rotatable bonds is 3. The average Bonchev–Trinajstić information content (AvgIpc) is 3.36. The predicted molar refractivity (Wildman–Crippen MR) is 96.3 cm³/mol. The molecule has 1 aromatic heterocycles. The van der Waals surface area contributed by atoms with E-state index < -0.39 is 14.4 Å². The van der Waals surface area contributed by atoms with Gasteiger partial charge in [-0.1, -0.05) is 46.9 Å². The number of nitriles is 1. The van der Waals surface area contributed by atoms with Gasteiger partial charge in [-0.15, -0.1) is 0 Å². The second-order valence-corrected chi connectivity index (χ2v) is 9.42. The smallest absolute Gasteiger partial charge is 0.267 e. The SMILES string of the molecule is N#Cc1cn(-c2ccc(C3CC3)cc2)c(=O)n(SC(Cl)(Cl)Cl)c1=O. The summed E-state index contributed by atoms with van der Waals surface area (Å²) in [7, 11) is 0. The van der Waals surface area contributed by atoms with Crippen molar-refractivity contribution >= 4 is 46.8 Å². The molecule has 0 aliphatic heterocycles. The van der Waals surface area contributed by atoms with Gasteiger partial charge in [0, 0.05) is 18.1 Å². The Morgan fingerprint density at radius 3 is 2.29 bits per heavy atom. The van der Waals surface area contributed by atoms with Crippen LogP contribution in [0.3, 0.4) is 0 Å². The highest BCUT2D eigenvalue weighted by molar-refractivity contribution is 8.03. The molecular weight excluding hydrogens is 393 g/mol. The number of alkyl halides is 3. The van der Waals surface area contributed by atoms with Gasteiger partial charge in [-0.25, -0.2) is 4.79 Å². The van der Waals surface area contributed by atoms with E-state index in [4.69, 9.17) is 40.1 Å². The van der Waals surface area contributed by atoms with Crippen molar-refractivity contribution in [3.05, 3.63) is 62.4 Å². The maximum Gasteiger partial charge on any atom is 0.346 e. The van der Waals surface area contributed by atoms with Gasteiger partial charge < -0.3 is 0 Å². The summed E-state index contributed by atoms with van der Waals surface area (Å²) >= 11 is 17.4. The van der Waals surface area contributed by atoms with E-state index in [1.807, 2.05) is 12.1 Å². The molecule has 2 aromatic rings. The first-order valence-electron chi connectivity index (χ1n) is 6.95. The Bertz CT molecular complexity index is 935. The molecular formula is C15H10Cl3N3O2S. The van der Waals surface area contributed by atoms with Gasteiger partial charge in [-0.3, -0.25) is 9.36 Å². The molecule has 1 saturated carbocycles. The van der Waals surface area contributed by atoms with Crippen molar-refractivity contribution in [3.63, 3.8) is 0 Å². The number of hydrogen-bond acceptors (Lipinski definition) is 4. The molecule has 5 nitrogen and oxygen atoms in total. The molecule has 1 heterocycles. The molecule has 0 spiro atoms. The third kappa shape index (κ3) is 3.65. The Morgan fingerprint density at radius 2 is 1.79 bits per heavy atom. The Kier molecular flexibility index (Phi) is 4.71. The zero-order valence-corrected chi connectivity index (χ0v) is 15.2. The fourth-order valence-corrected chi connectivity index (χ4v) is 3.48. The summed E-state index contributed by atoms with van der Waals surface area (Å²) in [5, 5.41) is 9.14. The van der Waals surface area contributed by atoms with E-state index in [1.54, 1.807) is 18.2 Å². The molecule has 3 rings (SSSR count). The first-order chi connectivity index (χ1) is 11.3. The summed E-state index contributed by atoms with van der Waals surface area (Å²) in [5.74, 6) is 0.583. The van der Waals surface area contributed by atoms with Gasteiger partial charge in [0.05, 0.1) is 5.69 Å². The number of aromatic nitrogens is 2. The third-order valence-electron chi connectivity index (χ3n) is 3.59. The summed E-state index contributed by atoms with van der Waals surface area (Å²) < 4.78 is -0.0366. The lowest BCUT2D eigenvalue weighted by Crippen LogP contribution is -2.38. The summed E-state index contributed by atoms with van der Waals surface area (Å²) in [6.07, 6.45) is 3.54. The average molecular weight is 403 g/mol. The fourth-order valence-electron chi connectivity index (χ4n) is 2.30. The summed E-state index contributed by atoms with van der Waals surface area (Å²) in [4.78, 5) is 24.8. The van der Waals surface area contributed by atoms with Crippen molar-refractivity contribution in [1.82, 2.24) is 8.54 Å². The summed E-state index contributed by atoms with van der Waals surface area (Å²) in [6.45, 7) is 0. The molecule has 1 fully saturated rings. The highest BCUT2D eigenvalue weighted by atomic mass is 35.6. The van der Waals surface area contributed by atoms with Gasteiger partial charge in [-0.05, 0) is 36.5 Å². The molecule has 24 heavy (non-hydrogen) atoms. The lowest BCUT2D eigenvalue weighted by Gasteiger charge is -2.14. The van der Waals surface area contributed by atoms with Crippen LogP contribution in [0.25, 0.3) is 5.69 Å². The third-order valence-corrected chi connectivity index (χ3v) is 4.92. The van der Waals surface area contributed by atoms with Crippen LogP contribution in [0.15, 0.2) is 40.1 Å². The van der Waals surface area contributed by atoms with E-state index >= 15 is 0 Å². The van der Waals surface area contributed by atoms with E-state index in [1.165, 1.54) is 29.2 Å². The van der Waals surface area contributed by atoms with Crippen molar-refractivity contribution in [2.75, 3.05) is 0 Å². The number of hydrogen-bond donors (Lipinski definition) is 0. The van der Waals surface area contributed by atoms with Crippen LogP contribution in [0.2, 0.25) is 0 Å². The summed E-state index contributed by atoms with van der Waals surface area (Å²) in [5.41, 5.74) is -0.00217. The van der Waals surface area contributed by atoms with Gasteiger partial charge in [0.25, 0.3) is 8.68 Å². The molecule has 0 atom stereocenters. The molecule has 1 aliphatic carbocycles. The van der Waals surface area contributed by atoms with Gasteiger partial charge >= 0.3 is 5.69 Å². The minimum Gasteiger partial charge on any atom is -0.267 e. The van der Waals surface area contributed by atoms with Gasteiger partial charge in [-0.2, -0.15) is 9.23 Å². The van der Waals surface area contributed by atoms with Crippen molar-refractivity contribution in [2.45, 2.75) is 21.9 Å². The van der Waals surface area contributed by atoms with Gasteiger partial charge in [0.15, 0.2) is 0 Å². The van der Waals surface area contributed by atoms with Crippen LogP contribution >= 0.6 is 46.8 Å². The molecule has 0 amide bonds. The van der Waals surface area contributed by atoms with Crippen LogP contribution in [0.4, 0.5) is 0 Å². The Hall–Kier alpha value is -1.39. The zero-order valence-electron chi connectivity index (χ0n) is 12.1. The zero-order chi connectivity index (χ0) is 17.5. The highest BCUT2D eigenvalue weighted by Crippen LogP contribution is 2.40. The Morgan fingerprint density at radius 1 is 1.17 bits per heavy atom. The minimum absolute atomic E-state index is 0.220. The van der Waals surface area contributed by atoms with Crippen LogP contribution in [-0.4, -0.2) is 11.7 Å². The second-order valence-electron chi connectivity index (χ2n) is 5.31. The van der Waals surface area contributed by atoms with Gasteiger partial charge in [0.1, 0.15) is 11.6 Å². The molecule has 0 unspecified atom stereocenters. The largest absolute Gasteiger partial charge is 0.346 e. The van der Waals surface area contributed by atoms with Crippen molar-refractivity contribution < 1.29 is 0 Å². The first-order valence-corrected chi connectivity index (χ1v) is 8.86. The van der Waals surface area contributed by atoms with E-state index in [2.05, 4.69) is 0 Å². The number of nitrogens with zero attached hydrogens (tertiary/aromatic N) is 3. The van der Waals surface area contributed by atoms with E-state index in [0.717, 1.165) is 0 Å². The van der Waals surface area contributed by atoms with Crippen molar-refractivity contribution in [1.29, 1.82) is 5.26 Å². The monoisotopic (exact) mass is 401 g/mol. The molecule has 9 heteroatoms. The fraction of sp³-hybridized carbons (Fsp3) is 0.267. The maximum absolute atomic E-state index is 12.6. The quantitative estimate of drug-likeness (QED) is 0.736. The lowest BCUT2D eigenvalue weighted by atomic mass is 10.1. The number of halogens is 3. The standard InChI is InChI=1S/C15H10Cl3N3O2S/c16-15(17,18)24-21-13(22)11(7-19)8-20(14(21)23)12-5-3-10(4-6-12)9-1-2-9/h3-6,8-9H,1-2H2. The minimum atomic E-state index is -1.91. The highest BCUT2D eigenvalue weighted by Gasteiger charge is 2.26. The molecule has 0 bridgehead atoms. The predicted octanol–water partition coefficient (Wildman–Crippen LogP) is 3.57. The van der Waals surface area contributed by atoms with Crippen LogP contribution in [-0.2, 0) is 0 Å². The van der Waals surface area contributed by atoms with Crippen LogP contribution in [0.1, 0.15) is 29.9 Å². The molecule has 124 valence electrons. The lowest BCUT2D eigenvalue weighted by molar-refractivity contribution is 0.857. The Balaban J connectivity index is 2.13. The van der Waals surface area contributed by atoms with Gasteiger partial charge in [0.2, 0.25) is 0 Å². The molecule has 0 N–H and O–H groups in total. The van der Waals surface area contributed by atoms with Crippen molar-refractivity contribution in [2.24, 2.45) is 0 Å². The molecule has 0 saturated heterocycles. The van der Waals surface area contributed by atoms with Crippen molar-refractivity contribution in [3.8, 4) is 11.8 Å². The maximum atomic E-state index is 12.6. The van der Waals surface area contributed by atoms with Crippen LogP contribution in [0, 0.1) is 11.3 Å². The molecule has 1 aliphatic rings. The second kappa shape index (κ2) is 6.49. The molecule has 1 aromatic carbocycles. The van der Waals surface area contributed by atoms with E-state index in [-0.39, 0.29) is 5.56 Å². The van der Waals surface area contributed by atoms with Crippen LogP contribution < -0.4 is 11.2 Å². The molecule has 0 radical (unpaired) electrons. The van der Waals surface area contributed by atoms with Crippen LogP contribution in [0.5, 0.6) is 0 Å². The topological polar surface area (TPSA) is 67.8 Å². The van der Waals surface area contributed by atoms with E-state index in [9.17, 15) is 9.59 Å². The van der Waals surface area contributed by atoms with E-state index in [0.29, 0.717) is 27.5 Å².